The van der Waals surface area contributed by atoms with Gasteiger partial charge in [-0.3, -0.25) is 9.59 Å². The minimum Gasteiger partial charge on any atom is -0.384 e. The smallest absolute Gasteiger partial charge is 0.227 e. The number of halogens is 1. The molecule has 0 aliphatic carbocycles. The van der Waals surface area contributed by atoms with Crippen LogP contribution < -0.4 is 0 Å². The second kappa shape index (κ2) is 8.27. The average molecular weight is 421 g/mol. The molecular weight excluding hydrogens is 388 g/mol. The van der Waals surface area contributed by atoms with Crippen LogP contribution in [0.1, 0.15) is 52.5 Å². The molecule has 2 saturated heterocycles. The van der Waals surface area contributed by atoms with E-state index in [4.69, 9.17) is 11.6 Å². The summed E-state index contributed by atoms with van der Waals surface area (Å²) < 4.78 is 0. The molecule has 3 rings (SSSR count). The number of amides is 2. The summed E-state index contributed by atoms with van der Waals surface area (Å²) in [6, 6.07) is 7.33. The maximum atomic E-state index is 13.2. The predicted octanol–water partition coefficient (Wildman–Crippen LogP) is 3.68. The van der Waals surface area contributed by atoms with E-state index < -0.39 is 11.0 Å². The minimum absolute atomic E-state index is 0.107. The van der Waals surface area contributed by atoms with Crippen molar-refractivity contribution >= 4 is 23.4 Å². The molecule has 6 heteroatoms. The standard InChI is InChI=1S/C23H33ClN2O3/c1-16(2)13-20(27)25-11-9-17(14-25)21(28)26-12-10-23(29,22(3,4)15-26)18-5-7-19(24)8-6-18/h5-8,16-17,29H,9-15H2,1-4H3/t17?,23-/m0/s1. The minimum atomic E-state index is -1.01. The Morgan fingerprint density at radius 3 is 2.41 bits per heavy atom. The maximum Gasteiger partial charge on any atom is 0.227 e. The van der Waals surface area contributed by atoms with Crippen molar-refractivity contribution < 1.29 is 14.7 Å². The number of carbonyl (C=O) groups excluding carboxylic acids is 2. The van der Waals surface area contributed by atoms with Gasteiger partial charge < -0.3 is 14.9 Å². The van der Waals surface area contributed by atoms with Crippen molar-refractivity contribution in [2.24, 2.45) is 17.3 Å². The second-order valence-electron chi connectivity index (χ2n) is 9.68. The largest absolute Gasteiger partial charge is 0.384 e. The van der Waals surface area contributed by atoms with Crippen LogP contribution in [0.25, 0.3) is 0 Å². The Kier molecular flexibility index (Phi) is 6.30. The molecule has 0 aromatic heterocycles. The first-order valence-electron chi connectivity index (χ1n) is 10.6. The van der Waals surface area contributed by atoms with Crippen molar-refractivity contribution in [3.8, 4) is 0 Å². The number of benzene rings is 1. The zero-order chi connectivity index (χ0) is 21.4. The summed E-state index contributed by atoms with van der Waals surface area (Å²) in [5, 5.41) is 12.1. The van der Waals surface area contributed by atoms with Gasteiger partial charge in [0.05, 0.1) is 11.5 Å². The lowest BCUT2D eigenvalue weighted by atomic mass is 9.66. The van der Waals surface area contributed by atoms with E-state index in [2.05, 4.69) is 0 Å². The molecule has 0 bridgehead atoms. The number of hydrogen-bond acceptors (Lipinski definition) is 3. The molecule has 1 aromatic carbocycles. The molecule has 160 valence electrons. The van der Waals surface area contributed by atoms with Gasteiger partial charge in [-0.05, 0) is 36.5 Å². The van der Waals surface area contributed by atoms with E-state index in [0.717, 1.165) is 12.0 Å². The van der Waals surface area contributed by atoms with Crippen LogP contribution in [-0.4, -0.2) is 52.9 Å². The van der Waals surface area contributed by atoms with Gasteiger partial charge in [0.1, 0.15) is 0 Å². The number of hydrogen-bond donors (Lipinski definition) is 1. The summed E-state index contributed by atoms with van der Waals surface area (Å²) >= 11 is 6.00. The van der Waals surface area contributed by atoms with Gasteiger partial charge in [-0.2, -0.15) is 0 Å². The number of rotatable bonds is 4. The fourth-order valence-corrected chi connectivity index (χ4v) is 4.82. The number of nitrogens with zero attached hydrogens (tertiary/aromatic N) is 2. The van der Waals surface area contributed by atoms with Crippen LogP contribution in [0.5, 0.6) is 0 Å². The van der Waals surface area contributed by atoms with Crippen LogP contribution in [0, 0.1) is 17.3 Å². The Hall–Kier alpha value is -1.59. The molecule has 2 aliphatic heterocycles. The summed E-state index contributed by atoms with van der Waals surface area (Å²) in [5.74, 6) is 0.441. The van der Waals surface area contributed by atoms with E-state index in [1.807, 2.05) is 49.6 Å². The van der Waals surface area contributed by atoms with Gasteiger partial charge in [0, 0.05) is 43.0 Å². The highest BCUT2D eigenvalue weighted by atomic mass is 35.5. The highest BCUT2D eigenvalue weighted by molar-refractivity contribution is 6.30. The number of likely N-dealkylation sites (tertiary alicyclic amines) is 2. The fourth-order valence-electron chi connectivity index (χ4n) is 4.70. The van der Waals surface area contributed by atoms with Crippen LogP contribution in [0.2, 0.25) is 5.02 Å². The van der Waals surface area contributed by atoms with Crippen LogP contribution in [0.4, 0.5) is 0 Å². The van der Waals surface area contributed by atoms with Gasteiger partial charge >= 0.3 is 0 Å². The first kappa shape index (κ1) is 22.1. The third-order valence-electron chi connectivity index (χ3n) is 6.56. The molecule has 1 N–H and O–H groups in total. The highest BCUT2D eigenvalue weighted by Crippen LogP contribution is 2.46. The molecule has 1 unspecified atom stereocenters. The van der Waals surface area contributed by atoms with E-state index in [9.17, 15) is 14.7 Å². The van der Waals surface area contributed by atoms with Crippen LogP contribution in [0.15, 0.2) is 24.3 Å². The number of piperidine rings is 1. The Labute approximate surface area is 179 Å². The van der Waals surface area contributed by atoms with Crippen molar-refractivity contribution in [2.45, 2.75) is 52.6 Å². The zero-order valence-electron chi connectivity index (χ0n) is 17.9. The summed E-state index contributed by atoms with van der Waals surface area (Å²) in [5.41, 5.74) is -0.672. The molecule has 2 aliphatic rings. The van der Waals surface area contributed by atoms with Crippen molar-refractivity contribution in [1.29, 1.82) is 0 Å². The van der Waals surface area contributed by atoms with Gasteiger partial charge in [0.25, 0.3) is 0 Å². The molecule has 2 heterocycles. The molecule has 29 heavy (non-hydrogen) atoms. The van der Waals surface area contributed by atoms with Crippen molar-refractivity contribution in [3.63, 3.8) is 0 Å². The fraction of sp³-hybridized carbons (Fsp3) is 0.652. The van der Waals surface area contributed by atoms with Gasteiger partial charge in [-0.15, -0.1) is 0 Å². The lowest BCUT2D eigenvalue weighted by Gasteiger charge is -2.51. The van der Waals surface area contributed by atoms with Crippen molar-refractivity contribution in [2.75, 3.05) is 26.2 Å². The highest BCUT2D eigenvalue weighted by Gasteiger charge is 2.50. The average Bonchev–Trinajstić information content (AvgIpc) is 3.13. The van der Waals surface area contributed by atoms with E-state index >= 15 is 0 Å². The Morgan fingerprint density at radius 2 is 1.83 bits per heavy atom. The first-order chi connectivity index (χ1) is 13.5. The monoisotopic (exact) mass is 420 g/mol. The summed E-state index contributed by atoms with van der Waals surface area (Å²) in [4.78, 5) is 29.2. The second-order valence-corrected chi connectivity index (χ2v) is 10.1. The molecule has 0 spiro atoms. The molecular formula is C23H33ClN2O3. The third-order valence-corrected chi connectivity index (χ3v) is 6.81. The van der Waals surface area contributed by atoms with E-state index in [1.54, 1.807) is 12.1 Å². The molecule has 5 nitrogen and oxygen atoms in total. The molecule has 0 saturated carbocycles. The first-order valence-corrected chi connectivity index (χ1v) is 11.0. The topological polar surface area (TPSA) is 60.9 Å². The predicted molar refractivity (Wildman–Crippen MR) is 114 cm³/mol. The zero-order valence-corrected chi connectivity index (χ0v) is 18.7. The van der Waals surface area contributed by atoms with Crippen LogP contribution >= 0.6 is 11.6 Å². The Morgan fingerprint density at radius 1 is 1.17 bits per heavy atom. The lowest BCUT2D eigenvalue weighted by Crippen LogP contribution is -2.57. The molecule has 2 atom stereocenters. The quantitative estimate of drug-likeness (QED) is 0.808. The molecule has 0 radical (unpaired) electrons. The number of aliphatic hydroxyl groups is 1. The van der Waals surface area contributed by atoms with Gasteiger partial charge in [0.15, 0.2) is 0 Å². The van der Waals surface area contributed by atoms with Gasteiger partial charge in [-0.1, -0.05) is 51.4 Å². The van der Waals surface area contributed by atoms with Gasteiger partial charge in [-0.25, -0.2) is 0 Å². The van der Waals surface area contributed by atoms with Crippen LogP contribution in [0.3, 0.4) is 0 Å². The maximum absolute atomic E-state index is 13.2. The van der Waals surface area contributed by atoms with Gasteiger partial charge in [0.2, 0.25) is 11.8 Å². The summed E-state index contributed by atoms with van der Waals surface area (Å²) in [7, 11) is 0. The summed E-state index contributed by atoms with van der Waals surface area (Å²) in [6.07, 6.45) is 1.74. The van der Waals surface area contributed by atoms with E-state index in [-0.39, 0.29) is 17.7 Å². The Balaban J connectivity index is 1.66. The SMILES string of the molecule is CC(C)CC(=O)N1CCC(C(=O)N2CC[C@](O)(c3ccc(Cl)cc3)C(C)(C)C2)C1. The molecule has 2 fully saturated rings. The van der Waals surface area contributed by atoms with Crippen LogP contribution in [-0.2, 0) is 15.2 Å². The normalized spacial score (nSPS) is 26.8. The lowest BCUT2D eigenvalue weighted by molar-refractivity contribution is -0.156. The van der Waals surface area contributed by atoms with E-state index in [1.165, 1.54) is 0 Å². The summed E-state index contributed by atoms with van der Waals surface area (Å²) in [6.45, 7) is 10.3. The molecule has 1 aromatic rings. The Bertz CT molecular complexity index is 762. The van der Waals surface area contributed by atoms with Crippen molar-refractivity contribution in [3.05, 3.63) is 34.9 Å². The van der Waals surface area contributed by atoms with Crippen molar-refractivity contribution in [1.82, 2.24) is 9.80 Å². The van der Waals surface area contributed by atoms with E-state index in [0.29, 0.717) is 50.0 Å². The number of carbonyl (C=O) groups is 2. The third kappa shape index (κ3) is 4.46. The molecule has 2 amide bonds.